The van der Waals surface area contributed by atoms with Crippen molar-refractivity contribution in [2.45, 2.75) is 68.6 Å². The van der Waals surface area contributed by atoms with Gasteiger partial charge in [-0.3, -0.25) is 0 Å². The van der Waals surface area contributed by atoms with Gasteiger partial charge < -0.3 is 19.7 Å². The van der Waals surface area contributed by atoms with E-state index < -0.39 is 48.7 Å². The number of ether oxygens (including phenoxy) is 2. The van der Waals surface area contributed by atoms with E-state index in [1.165, 1.54) is 30.1 Å². The maximum Gasteiger partial charge on any atom is 0.178 e. The molecule has 1 saturated heterocycles. The van der Waals surface area contributed by atoms with E-state index in [4.69, 9.17) is 21.1 Å². The van der Waals surface area contributed by atoms with Gasteiger partial charge in [0.2, 0.25) is 0 Å². The summed E-state index contributed by atoms with van der Waals surface area (Å²) < 4.78 is 43.4. The van der Waals surface area contributed by atoms with Crippen LogP contribution in [0.1, 0.15) is 37.9 Å². The van der Waals surface area contributed by atoms with Crippen LogP contribution in [-0.4, -0.2) is 78.3 Å². The maximum atomic E-state index is 14.5. The second-order valence-electron chi connectivity index (χ2n) is 9.59. The van der Waals surface area contributed by atoms with Gasteiger partial charge in [0.25, 0.3) is 0 Å². The second kappa shape index (κ2) is 9.75. The molecule has 0 amide bonds. The van der Waals surface area contributed by atoms with Gasteiger partial charge in [-0.05, 0) is 38.3 Å². The van der Waals surface area contributed by atoms with E-state index in [9.17, 15) is 19.0 Å². The predicted molar refractivity (Wildman–Crippen MR) is 123 cm³/mol. The Morgan fingerprint density at radius 1 is 1.17 bits per heavy atom. The Morgan fingerprint density at radius 2 is 1.94 bits per heavy atom. The van der Waals surface area contributed by atoms with Crippen molar-refractivity contribution < 1.29 is 28.5 Å². The first-order valence-corrected chi connectivity index (χ1v) is 12.1. The Morgan fingerprint density at radius 3 is 2.61 bits per heavy atom. The van der Waals surface area contributed by atoms with Crippen molar-refractivity contribution in [2.75, 3.05) is 13.7 Å². The minimum absolute atomic E-state index is 0.0424. The fourth-order valence-corrected chi connectivity index (χ4v) is 5.13. The second-order valence-corrected chi connectivity index (χ2v) is 10.0. The van der Waals surface area contributed by atoms with Gasteiger partial charge >= 0.3 is 0 Å². The van der Waals surface area contributed by atoms with Crippen molar-refractivity contribution in [3.63, 3.8) is 0 Å². The number of aliphatic hydroxyl groups is 2. The molecule has 13 heteroatoms. The summed E-state index contributed by atoms with van der Waals surface area (Å²) in [6.45, 7) is 1.68. The lowest BCUT2D eigenvalue weighted by Crippen LogP contribution is -2.57. The number of aliphatic hydroxyl groups excluding tert-OH is 2. The Hall–Kier alpha value is -2.51. The molecule has 1 aliphatic carbocycles. The molecule has 36 heavy (non-hydrogen) atoms. The molecule has 194 valence electrons. The Bertz CT molecular complexity index is 1240. The molecule has 1 saturated carbocycles. The molecule has 3 heterocycles. The standard InChI is InChI=1S/C23H27ClF2N6O4/c1-23(6-3-7-23)32-9-12(27-30-32)8-16-22(35-2)20(21(34)17(11-33)36-16)31-10-15(28-29-31)13-4-5-14(24)19(26)18(13)25/h4-5,9-10,16-17,20-22,33-34H,3,6-8,11H2,1-2H3/t16-,17-,20+,21+,22+/m1/s1. The van der Waals surface area contributed by atoms with Gasteiger partial charge in [0.1, 0.15) is 30.0 Å². The predicted octanol–water partition coefficient (Wildman–Crippen LogP) is 2.29. The number of rotatable bonds is 7. The SMILES string of the molecule is CO[C@@H]1[C@@H](n2cc(-c3ccc(Cl)c(F)c3F)nn2)[C@@H](O)[C@@H](CO)O[C@@H]1Cc1cn(C2(C)CCC2)nn1. The highest BCUT2D eigenvalue weighted by atomic mass is 35.5. The summed E-state index contributed by atoms with van der Waals surface area (Å²) >= 11 is 5.66. The lowest BCUT2D eigenvalue weighted by molar-refractivity contribution is -0.212. The lowest BCUT2D eigenvalue weighted by atomic mass is 9.79. The molecule has 2 aromatic heterocycles. The number of benzene rings is 1. The zero-order valence-corrected chi connectivity index (χ0v) is 20.5. The van der Waals surface area contributed by atoms with Crippen molar-refractivity contribution in [2.24, 2.45) is 0 Å². The molecule has 2 fully saturated rings. The van der Waals surface area contributed by atoms with E-state index in [1.54, 1.807) is 0 Å². The minimum atomic E-state index is -1.22. The third kappa shape index (κ3) is 4.30. The van der Waals surface area contributed by atoms with Crippen molar-refractivity contribution in [3.8, 4) is 11.3 Å². The summed E-state index contributed by atoms with van der Waals surface area (Å²) in [4.78, 5) is 0. The van der Waals surface area contributed by atoms with Gasteiger partial charge in [0, 0.05) is 25.3 Å². The van der Waals surface area contributed by atoms with Crippen molar-refractivity contribution >= 4 is 11.6 Å². The van der Waals surface area contributed by atoms with E-state index in [2.05, 4.69) is 27.5 Å². The third-order valence-electron chi connectivity index (χ3n) is 7.30. The molecule has 3 aromatic rings. The average Bonchev–Trinajstić information content (AvgIpc) is 3.52. The zero-order chi connectivity index (χ0) is 25.6. The van der Waals surface area contributed by atoms with Crippen LogP contribution in [0, 0.1) is 11.6 Å². The first-order chi connectivity index (χ1) is 17.3. The number of aromatic nitrogens is 6. The molecule has 0 radical (unpaired) electrons. The number of hydrogen-bond donors (Lipinski definition) is 2. The van der Waals surface area contributed by atoms with Crippen molar-refractivity contribution in [1.82, 2.24) is 30.0 Å². The van der Waals surface area contributed by atoms with E-state index in [0.717, 1.165) is 19.3 Å². The molecule has 0 unspecified atom stereocenters. The monoisotopic (exact) mass is 524 g/mol. The highest BCUT2D eigenvalue weighted by Crippen LogP contribution is 2.38. The highest BCUT2D eigenvalue weighted by molar-refractivity contribution is 6.30. The van der Waals surface area contributed by atoms with E-state index in [-0.39, 0.29) is 21.8 Å². The first-order valence-electron chi connectivity index (χ1n) is 11.7. The van der Waals surface area contributed by atoms with Crippen LogP contribution in [0.5, 0.6) is 0 Å². The maximum absolute atomic E-state index is 14.5. The molecule has 2 aliphatic rings. The Labute approximate surface area is 210 Å². The quantitative estimate of drug-likeness (QED) is 0.452. The third-order valence-corrected chi connectivity index (χ3v) is 7.59. The van der Waals surface area contributed by atoms with Crippen LogP contribution in [0.4, 0.5) is 8.78 Å². The summed E-state index contributed by atoms with van der Waals surface area (Å²) in [5, 5.41) is 37.1. The van der Waals surface area contributed by atoms with Crippen LogP contribution in [0.25, 0.3) is 11.3 Å². The van der Waals surface area contributed by atoms with Gasteiger partial charge in [0.05, 0.1) is 35.2 Å². The van der Waals surface area contributed by atoms with Gasteiger partial charge in [-0.2, -0.15) is 0 Å². The Balaban J connectivity index is 1.43. The molecule has 1 aliphatic heterocycles. The average molecular weight is 525 g/mol. The van der Waals surface area contributed by atoms with Crippen LogP contribution < -0.4 is 0 Å². The highest BCUT2D eigenvalue weighted by Gasteiger charge is 2.47. The normalized spacial score (nSPS) is 27.7. The van der Waals surface area contributed by atoms with E-state index in [0.29, 0.717) is 12.1 Å². The number of methoxy groups -OCH3 is 1. The molecule has 5 atom stereocenters. The van der Waals surface area contributed by atoms with Gasteiger partial charge in [-0.25, -0.2) is 18.1 Å². The number of hydrogen-bond acceptors (Lipinski definition) is 8. The Kier molecular flexibility index (Phi) is 6.81. The molecule has 1 aromatic carbocycles. The first kappa shape index (κ1) is 25.2. The summed E-state index contributed by atoms with van der Waals surface area (Å²) in [5.41, 5.74) is 0.555. The van der Waals surface area contributed by atoms with Gasteiger partial charge in [-0.1, -0.05) is 22.0 Å². The largest absolute Gasteiger partial charge is 0.394 e. The lowest BCUT2D eigenvalue weighted by Gasteiger charge is -2.43. The topological polar surface area (TPSA) is 120 Å². The van der Waals surface area contributed by atoms with Crippen LogP contribution in [0.15, 0.2) is 24.5 Å². The van der Waals surface area contributed by atoms with Crippen LogP contribution >= 0.6 is 11.6 Å². The van der Waals surface area contributed by atoms with Crippen LogP contribution in [0.2, 0.25) is 5.02 Å². The summed E-state index contributed by atoms with van der Waals surface area (Å²) in [7, 11) is 1.47. The van der Waals surface area contributed by atoms with Gasteiger partial charge in [-0.15, -0.1) is 10.2 Å². The molecular formula is C23H27ClF2N6O4. The van der Waals surface area contributed by atoms with E-state index in [1.807, 2.05) is 10.9 Å². The summed E-state index contributed by atoms with van der Waals surface area (Å²) in [6.07, 6.45) is 3.29. The molecule has 0 bridgehead atoms. The summed E-state index contributed by atoms with van der Waals surface area (Å²) in [5.74, 6) is -2.34. The molecule has 5 rings (SSSR count). The van der Waals surface area contributed by atoms with Crippen LogP contribution in [-0.2, 0) is 21.4 Å². The van der Waals surface area contributed by atoms with Crippen molar-refractivity contribution in [3.05, 3.63) is 46.9 Å². The molecular weight excluding hydrogens is 498 g/mol. The molecule has 10 nitrogen and oxygen atoms in total. The van der Waals surface area contributed by atoms with Crippen LogP contribution in [0.3, 0.4) is 0 Å². The van der Waals surface area contributed by atoms with Gasteiger partial charge in [0.15, 0.2) is 11.6 Å². The van der Waals surface area contributed by atoms with E-state index >= 15 is 0 Å². The fraction of sp³-hybridized carbons (Fsp3) is 0.565. The fourth-order valence-electron chi connectivity index (χ4n) is 4.98. The molecule has 0 spiro atoms. The minimum Gasteiger partial charge on any atom is -0.394 e. The zero-order valence-electron chi connectivity index (χ0n) is 19.8. The number of halogens is 3. The summed E-state index contributed by atoms with van der Waals surface area (Å²) in [6, 6.07) is 1.69. The number of nitrogens with zero attached hydrogens (tertiary/aromatic N) is 6. The smallest absolute Gasteiger partial charge is 0.178 e. The van der Waals surface area contributed by atoms with Crippen molar-refractivity contribution in [1.29, 1.82) is 0 Å². The molecule has 2 N–H and O–H groups in total.